The Labute approximate surface area is 189 Å². The lowest BCUT2D eigenvalue weighted by molar-refractivity contribution is -0.192. The zero-order valence-electron chi connectivity index (χ0n) is 18.0. The number of carbonyl (C=O) groups is 2. The molecule has 11 heteroatoms. The van der Waals surface area contributed by atoms with E-state index in [2.05, 4.69) is 44.6 Å². The van der Waals surface area contributed by atoms with Gasteiger partial charge in [-0.1, -0.05) is 0 Å². The number of carboxylic acids is 1. The molecule has 3 rings (SSSR count). The number of rotatable bonds is 7. The van der Waals surface area contributed by atoms with E-state index in [9.17, 15) is 18.0 Å². The molecule has 1 N–H and O–H groups in total. The molecule has 178 valence electrons. The van der Waals surface area contributed by atoms with Crippen LogP contribution in [0.4, 0.5) is 13.2 Å². The molecule has 32 heavy (non-hydrogen) atoms. The lowest BCUT2D eigenvalue weighted by atomic mass is 10.1. The molecule has 2 aromatic heterocycles. The van der Waals surface area contributed by atoms with Crippen LogP contribution in [-0.4, -0.2) is 71.4 Å². The quantitative estimate of drug-likeness (QED) is 0.622. The van der Waals surface area contributed by atoms with Crippen LogP contribution in [0.15, 0.2) is 35.2 Å². The van der Waals surface area contributed by atoms with E-state index >= 15 is 0 Å². The summed E-state index contributed by atoms with van der Waals surface area (Å²) in [6, 6.07) is 6.56. The van der Waals surface area contributed by atoms with Crippen LogP contribution in [0.2, 0.25) is 0 Å². The lowest BCUT2D eigenvalue weighted by Crippen LogP contribution is -2.29. The molecule has 0 saturated heterocycles. The summed E-state index contributed by atoms with van der Waals surface area (Å²) < 4.78 is 39.7. The minimum atomic E-state index is -5.08. The number of carbonyl (C=O) groups excluding carboxylic acids is 1. The highest BCUT2D eigenvalue weighted by atomic mass is 32.1. The van der Waals surface area contributed by atoms with Gasteiger partial charge in [0.1, 0.15) is 6.61 Å². The van der Waals surface area contributed by atoms with Crippen LogP contribution >= 0.6 is 11.3 Å². The van der Waals surface area contributed by atoms with Gasteiger partial charge in [0.2, 0.25) is 5.91 Å². The van der Waals surface area contributed by atoms with Gasteiger partial charge in [0, 0.05) is 58.8 Å². The van der Waals surface area contributed by atoms with Gasteiger partial charge in [-0.15, -0.1) is 0 Å². The molecule has 1 amide bonds. The van der Waals surface area contributed by atoms with Gasteiger partial charge >= 0.3 is 12.1 Å². The third kappa shape index (κ3) is 8.64. The second-order valence-electron chi connectivity index (χ2n) is 7.75. The normalized spacial score (nSPS) is 16.5. The fourth-order valence-electron chi connectivity index (χ4n) is 3.25. The number of amides is 1. The van der Waals surface area contributed by atoms with Crippen LogP contribution in [0.25, 0.3) is 0 Å². The van der Waals surface area contributed by atoms with E-state index in [0.29, 0.717) is 12.5 Å². The SMILES string of the molecule is CN(C)C(=O)COCCC1CN(Cc2ccsc2)Cc2cccn2C1.O=C(O)C(F)(F)F. The Morgan fingerprint density at radius 2 is 2.00 bits per heavy atom. The predicted octanol–water partition coefficient (Wildman–Crippen LogP) is 3.31. The summed E-state index contributed by atoms with van der Waals surface area (Å²) in [6.45, 7) is 4.86. The van der Waals surface area contributed by atoms with Crippen LogP contribution in [0.5, 0.6) is 0 Å². The molecule has 1 unspecified atom stereocenters. The van der Waals surface area contributed by atoms with Crippen molar-refractivity contribution in [2.45, 2.75) is 32.2 Å². The number of hydrogen-bond acceptors (Lipinski definition) is 5. The summed E-state index contributed by atoms with van der Waals surface area (Å²) in [7, 11) is 3.51. The molecule has 0 spiro atoms. The molecule has 7 nitrogen and oxygen atoms in total. The fraction of sp³-hybridized carbons (Fsp3) is 0.524. The largest absolute Gasteiger partial charge is 0.490 e. The zero-order chi connectivity index (χ0) is 23.7. The molecule has 2 aromatic rings. The van der Waals surface area contributed by atoms with E-state index < -0.39 is 12.1 Å². The zero-order valence-corrected chi connectivity index (χ0v) is 18.9. The molecule has 1 atom stereocenters. The van der Waals surface area contributed by atoms with Crippen molar-refractivity contribution in [2.24, 2.45) is 5.92 Å². The van der Waals surface area contributed by atoms with Gasteiger partial charge in [0.25, 0.3) is 0 Å². The van der Waals surface area contributed by atoms with Crippen molar-refractivity contribution in [3.8, 4) is 0 Å². The number of nitrogens with zero attached hydrogens (tertiary/aromatic N) is 3. The Morgan fingerprint density at radius 3 is 2.59 bits per heavy atom. The average molecular weight is 476 g/mol. The summed E-state index contributed by atoms with van der Waals surface area (Å²) in [6.07, 6.45) is -1.94. The van der Waals surface area contributed by atoms with Crippen LogP contribution in [0.1, 0.15) is 17.7 Å². The van der Waals surface area contributed by atoms with Gasteiger partial charge in [0.15, 0.2) is 0 Å². The smallest absolute Gasteiger partial charge is 0.475 e. The molecule has 0 bridgehead atoms. The molecule has 0 fully saturated rings. The highest BCUT2D eigenvalue weighted by Gasteiger charge is 2.38. The number of hydrogen-bond donors (Lipinski definition) is 1. The van der Waals surface area contributed by atoms with Crippen molar-refractivity contribution in [3.05, 3.63) is 46.4 Å². The number of aromatic nitrogens is 1. The maximum Gasteiger partial charge on any atom is 0.490 e. The summed E-state index contributed by atoms with van der Waals surface area (Å²) >= 11 is 1.76. The second-order valence-corrected chi connectivity index (χ2v) is 8.53. The Morgan fingerprint density at radius 1 is 1.28 bits per heavy atom. The van der Waals surface area contributed by atoms with Crippen molar-refractivity contribution in [2.75, 3.05) is 33.9 Å². The summed E-state index contributed by atoms with van der Waals surface area (Å²) in [5, 5.41) is 11.5. The Balaban J connectivity index is 0.000000451. The van der Waals surface area contributed by atoms with Crippen molar-refractivity contribution in [1.82, 2.24) is 14.4 Å². The van der Waals surface area contributed by atoms with E-state index in [0.717, 1.165) is 32.6 Å². The van der Waals surface area contributed by atoms with Crippen molar-refractivity contribution in [1.29, 1.82) is 0 Å². The van der Waals surface area contributed by atoms with Crippen molar-refractivity contribution in [3.63, 3.8) is 0 Å². The maximum atomic E-state index is 11.6. The molecule has 0 aliphatic carbocycles. The number of ether oxygens (including phenoxy) is 1. The monoisotopic (exact) mass is 475 g/mol. The highest BCUT2D eigenvalue weighted by molar-refractivity contribution is 7.07. The fourth-order valence-corrected chi connectivity index (χ4v) is 3.91. The molecule has 1 aliphatic rings. The third-order valence-corrected chi connectivity index (χ3v) is 5.64. The van der Waals surface area contributed by atoms with Crippen LogP contribution in [-0.2, 0) is 34.0 Å². The second kappa shape index (κ2) is 12.0. The van der Waals surface area contributed by atoms with E-state index in [1.165, 1.54) is 11.3 Å². The van der Waals surface area contributed by atoms with Crippen molar-refractivity contribution < 1.29 is 32.6 Å². The van der Waals surface area contributed by atoms with E-state index in [4.69, 9.17) is 14.6 Å². The van der Waals surface area contributed by atoms with Gasteiger partial charge < -0.3 is 19.3 Å². The average Bonchev–Trinajstić information content (AvgIpc) is 3.34. The topological polar surface area (TPSA) is 75.0 Å². The number of thiophene rings is 1. The van der Waals surface area contributed by atoms with Crippen LogP contribution < -0.4 is 0 Å². The molecule has 0 aromatic carbocycles. The van der Waals surface area contributed by atoms with Gasteiger partial charge in [-0.25, -0.2) is 4.79 Å². The highest BCUT2D eigenvalue weighted by Crippen LogP contribution is 2.22. The Bertz CT molecular complexity index is 853. The number of halogens is 3. The third-order valence-electron chi connectivity index (χ3n) is 4.90. The van der Waals surface area contributed by atoms with Crippen molar-refractivity contribution >= 4 is 23.2 Å². The first-order chi connectivity index (χ1) is 15.1. The van der Waals surface area contributed by atoms with E-state index in [1.54, 1.807) is 30.3 Å². The Kier molecular flexibility index (Phi) is 9.73. The van der Waals surface area contributed by atoms with E-state index in [-0.39, 0.29) is 12.5 Å². The molecule has 0 saturated carbocycles. The molecule has 1 aliphatic heterocycles. The molecule has 3 heterocycles. The number of alkyl halides is 3. The molecular formula is C21H28F3N3O4S. The van der Waals surface area contributed by atoms with E-state index in [1.807, 2.05) is 0 Å². The first-order valence-electron chi connectivity index (χ1n) is 10.0. The molecule has 0 radical (unpaired) electrons. The number of aliphatic carboxylic acids is 1. The Hall–Kier alpha value is -2.37. The van der Waals surface area contributed by atoms with Gasteiger partial charge in [-0.3, -0.25) is 9.69 Å². The first-order valence-corrected chi connectivity index (χ1v) is 11.0. The summed E-state index contributed by atoms with van der Waals surface area (Å²) in [5.74, 6) is -2.21. The number of likely N-dealkylation sites (N-methyl/N-ethyl adjacent to an activating group) is 1. The molecular weight excluding hydrogens is 447 g/mol. The standard InChI is InChI=1S/C19H27N3O2S.C2HF3O2/c1-20(2)19(23)14-24-8-5-16-10-21(11-17-6-9-25-15-17)13-18-4-3-7-22(18)12-16;3-2(4,5)1(6)7/h3-4,6-7,9,15-16H,5,8,10-14H2,1-2H3;(H,6,7). The van der Waals surface area contributed by atoms with Gasteiger partial charge in [-0.2, -0.15) is 24.5 Å². The summed E-state index contributed by atoms with van der Waals surface area (Å²) in [4.78, 5) is 24.6. The maximum absolute atomic E-state index is 11.6. The van der Waals surface area contributed by atoms with Gasteiger partial charge in [-0.05, 0) is 46.9 Å². The summed E-state index contributed by atoms with van der Waals surface area (Å²) in [5.41, 5.74) is 2.76. The predicted molar refractivity (Wildman–Crippen MR) is 114 cm³/mol. The van der Waals surface area contributed by atoms with Crippen LogP contribution in [0, 0.1) is 5.92 Å². The minimum absolute atomic E-state index is 0.0210. The minimum Gasteiger partial charge on any atom is -0.475 e. The number of carboxylic acid groups (broad SMARTS) is 1. The number of fused-ring (bicyclic) bond motifs is 1. The van der Waals surface area contributed by atoms with Crippen LogP contribution in [0.3, 0.4) is 0 Å². The first kappa shape index (κ1) is 25.9. The van der Waals surface area contributed by atoms with Gasteiger partial charge in [0.05, 0.1) is 0 Å². The lowest BCUT2D eigenvalue weighted by Gasteiger charge is -2.23.